The average molecular weight is 315 g/mol. The number of hydrogen-bond acceptors (Lipinski definition) is 4. The highest BCUT2D eigenvalue weighted by molar-refractivity contribution is 8.13. The van der Waals surface area contributed by atoms with Gasteiger partial charge < -0.3 is 15.3 Å². The molecule has 8 heteroatoms. The van der Waals surface area contributed by atoms with Crippen molar-refractivity contribution in [3.63, 3.8) is 0 Å². The molecule has 0 unspecified atom stereocenters. The minimum atomic E-state index is -1.11. The number of carboxylic acid groups (broad SMARTS) is 1. The first kappa shape index (κ1) is 14.7. The number of anilines is 1. The van der Waals surface area contributed by atoms with Gasteiger partial charge in [0.1, 0.15) is 6.54 Å². The molecule has 2 rings (SSSR count). The van der Waals surface area contributed by atoms with Gasteiger partial charge in [-0.25, -0.2) is 4.79 Å². The molecule has 20 heavy (non-hydrogen) atoms. The van der Waals surface area contributed by atoms with Gasteiger partial charge >= 0.3 is 5.97 Å². The summed E-state index contributed by atoms with van der Waals surface area (Å²) >= 11 is 7.06. The Balaban J connectivity index is 2.05. The van der Waals surface area contributed by atoms with E-state index < -0.39 is 11.9 Å². The summed E-state index contributed by atoms with van der Waals surface area (Å²) in [6.07, 6.45) is 0. The number of carboxylic acids is 1. The lowest BCUT2D eigenvalue weighted by Gasteiger charge is -2.14. The highest BCUT2D eigenvalue weighted by atomic mass is 35.5. The van der Waals surface area contributed by atoms with Gasteiger partial charge in [-0.3, -0.25) is 9.59 Å². The van der Waals surface area contributed by atoms with Crippen molar-refractivity contribution in [3.8, 4) is 0 Å². The molecule has 1 aromatic carbocycles. The van der Waals surface area contributed by atoms with Crippen LogP contribution in [0.2, 0.25) is 5.02 Å². The van der Waals surface area contributed by atoms with E-state index in [1.807, 2.05) is 0 Å². The van der Waals surface area contributed by atoms with Crippen LogP contribution in [-0.2, 0) is 4.79 Å². The van der Waals surface area contributed by atoms with Crippen molar-refractivity contribution in [3.05, 3.63) is 28.8 Å². The molecule has 0 aliphatic carbocycles. The number of nitrogens with one attached hydrogen (secondary N) is 1. The van der Waals surface area contributed by atoms with E-state index in [1.165, 1.54) is 34.9 Å². The molecule has 1 heterocycles. The van der Waals surface area contributed by atoms with E-state index in [9.17, 15) is 14.4 Å². The number of benzene rings is 1. The summed E-state index contributed by atoms with van der Waals surface area (Å²) < 4.78 is 0. The fourth-order valence-corrected chi connectivity index (χ4v) is 2.68. The number of halogens is 1. The van der Waals surface area contributed by atoms with Gasteiger partial charge in [0.25, 0.3) is 5.24 Å². The smallest absolute Gasteiger partial charge is 0.335 e. The van der Waals surface area contributed by atoms with Crippen LogP contribution in [-0.4, -0.2) is 46.0 Å². The number of amides is 2. The molecule has 0 atom stereocenters. The number of aromatic carboxylic acids is 1. The molecule has 1 fully saturated rings. The predicted molar refractivity (Wildman–Crippen MR) is 76.5 cm³/mol. The van der Waals surface area contributed by atoms with E-state index in [2.05, 4.69) is 5.32 Å². The number of thioether (sulfide) groups is 1. The first-order valence-corrected chi connectivity index (χ1v) is 7.08. The third kappa shape index (κ3) is 3.43. The van der Waals surface area contributed by atoms with Gasteiger partial charge in [-0.05, 0) is 18.2 Å². The average Bonchev–Trinajstić information content (AvgIpc) is 2.77. The van der Waals surface area contributed by atoms with Crippen molar-refractivity contribution in [1.82, 2.24) is 4.90 Å². The molecule has 0 bridgehead atoms. The Kier molecular flexibility index (Phi) is 4.51. The molecule has 0 spiro atoms. The molecule has 0 saturated carbocycles. The SMILES string of the molecule is O=C(CN1CCSC1=O)Nc1cc(C(=O)O)ccc1Cl. The lowest BCUT2D eigenvalue weighted by Crippen LogP contribution is -2.33. The quantitative estimate of drug-likeness (QED) is 0.889. The lowest BCUT2D eigenvalue weighted by molar-refractivity contribution is -0.116. The van der Waals surface area contributed by atoms with Crippen LogP contribution >= 0.6 is 23.4 Å². The normalized spacial score (nSPS) is 14.4. The van der Waals surface area contributed by atoms with E-state index in [0.717, 1.165) is 0 Å². The molecule has 106 valence electrons. The van der Waals surface area contributed by atoms with E-state index in [4.69, 9.17) is 16.7 Å². The minimum Gasteiger partial charge on any atom is -0.478 e. The van der Waals surface area contributed by atoms with Gasteiger partial charge in [-0.15, -0.1) is 0 Å². The van der Waals surface area contributed by atoms with Crippen LogP contribution < -0.4 is 5.32 Å². The molecule has 1 aromatic rings. The summed E-state index contributed by atoms with van der Waals surface area (Å²) in [5.74, 6) is -0.852. The molecular weight excluding hydrogens is 304 g/mol. The third-order valence-electron chi connectivity index (χ3n) is 2.67. The van der Waals surface area contributed by atoms with Crippen molar-refractivity contribution in [2.24, 2.45) is 0 Å². The largest absolute Gasteiger partial charge is 0.478 e. The van der Waals surface area contributed by atoms with E-state index in [1.54, 1.807) is 0 Å². The maximum atomic E-state index is 11.8. The summed E-state index contributed by atoms with van der Waals surface area (Å²) in [6.45, 7) is 0.458. The van der Waals surface area contributed by atoms with Crippen LogP contribution in [0.1, 0.15) is 10.4 Å². The lowest BCUT2D eigenvalue weighted by atomic mass is 10.2. The minimum absolute atomic E-state index is 0.0255. The molecule has 2 amide bonds. The summed E-state index contributed by atoms with van der Waals surface area (Å²) in [6, 6.07) is 4.03. The molecular formula is C12H11ClN2O4S. The van der Waals surface area contributed by atoms with E-state index >= 15 is 0 Å². The summed E-state index contributed by atoms with van der Waals surface area (Å²) in [5.41, 5.74) is 0.244. The second kappa shape index (κ2) is 6.15. The standard InChI is InChI=1S/C12H11ClN2O4S/c13-8-2-1-7(11(17)18)5-9(8)14-10(16)6-15-3-4-20-12(15)19/h1-2,5H,3-4,6H2,(H,14,16)(H,17,18). The fraction of sp³-hybridized carbons (Fsp3) is 0.250. The number of rotatable bonds is 4. The maximum Gasteiger partial charge on any atom is 0.335 e. The zero-order valence-electron chi connectivity index (χ0n) is 10.3. The van der Waals surface area contributed by atoms with Crippen molar-refractivity contribution in [2.75, 3.05) is 24.2 Å². The number of nitrogens with zero attached hydrogens (tertiary/aromatic N) is 1. The maximum absolute atomic E-state index is 11.8. The Morgan fingerprint density at radius 2 is 2.20 bits per heavy atom. The highest BCUT2D eigenvalue weighted by Gasteiger charge is 2.23. The Hall–Kier alpha value is -1.73. The van der Waals surface area contributed by atoms with E-state index in [0.29, 0.717) is 12.3 Å². The first-order valence-electron chi connectivity index (χ1n) is 5.72. The topological polar surface area (TPSA) is 86.7 Å². The molecule has 1 aliphatic heterocycles. The Morgan fingerprint density at radius 1 is 1.45 bits per heavy atom. The highest BCUT2D eigenvalue weighted by Crippen LogP contribution is 2.23. The van der Waals surface area contributed by atoms with Gasteiger partial charge in [0, 0.05) is 12.3 Å². The molecule has 2 N–H and O–H groups in total. The second-order valence-corrected chi connectivity index (χ2v) is 5.54. The monoisotopic (exact) mass is 314 g/mol. The van der Waals surface area contributed by atoms with Gasteiger partial charge in [0.2, 0.25) is 5.91 Å². The van der Waals surface area contributed by atoms with Gasteiger partial charge in [-0.1, -0.05) is 23.4 Å². The Bertz CT molecular complexity index is 579. The molecule has 0 radical (unpaired) electrons. The van der Waals surface area contributed by atoms with Crippen molar-refractivity contribution >= 4 is 46.2 Å². The van der Waals surface area contributed by atoms with Crippen molar-refractivity contribution in [1.29, 1.82) is 0 Å². The summed E-state index contributed by atoms with van der Waals surface area (Å²) in [7, 11) is 0. The van der Waals surface area contributed by atoms with Crippen LogP contribution in [0, 0.1) is 0 Å². The molecule has 1 aliphatic rings. The van der Waals surface area contributed by atoms with Crippen LogP contribution in [0.3, 0.4) is 0 Å². The summed E-state index contributed by atoms with van der Waals surface area (Å²) in [5, 5.41) is 11.5. The number of carbonyl (C=O) groups is 3. The molecule has 1 saturated heterocycles. The van der Waals surface area contributed by atoms with Gasteiger partial charge in [-0.2, -0.15) is 0 Å². The van der Waals surface area contributed by atoms with Crippen molar-refractivity contribution in [2.45, 2.75) is 0 Å². The predicted octanol–water partition coefficient (Wildman–Crippen LogP) is 2.15. The van der Waals surface area contributed by atoms with Crippen molar-refractivity contribution < 1.29 is 19.5 Å². The third-order valence-corrected chi connectivity index (χ3v) is 3.89. The van der Waals surface area contributed by atoms with Crippen LogP contribution in [0.15, 0.2) is 18.2 Å². The van der Waals surface area contributed by atoms with Crippen LogP contribution in [0.5, 0.6) is 0 Å². The van der Waals surface area contributed by atoms with Gasteiger partial charge in [0.05, 0.1) is 16.3 Å². The number of carbonyl (C=O) groups excluding carboxylic acids is 2. The Labute approximate surface area is 124 Å². The summed E-state index contributed by atoms with van der Waals surface area (Å²) in [4.78, 5) is 35.5. The Morgan fingerprint density at radius 3 is 2.80 bits per heavy atom. The first-order chi connectivity index (χ1) is 9.47. The van der Waals surface area contributed by atoms with E-state index in [-0.39, 0.29) is 28.1 Å². The zero-order valence-corrected chi connectivity index (χ0v) is 11.8. The molecule has 0 aromatic heterocycles. The zero-order chi connectivity index (χ0) is 14.7. The fourth-order valence-electron chi connectivity index (χ4n) is 1.69. The molecule has 6 nitrogen and oxygen atoms in total. The second-order valence-electron chi connectivity index (χ2n) is 4.08. The van der Waals surface area contributed by atoms with Crippen LogP contribution in [0.25, 0.3) is 0 Å². The van der Waals surface area contributed by atoms with Gasteiger partial charge in [0.15, 0.2) is 0 Å². The number of hydrogen-bond donors (Lipinski definition) is 2. The van der Waals surface area contributed by atoms with Crippen LogP contribution in [0.4, 0.5) is 10.5 Å².